The van der Waals surface area contributed by atoms with Crippen LogP contribution < -0.4 is 10.6 Å². The monoisotopic (exact) mass is 437 g/mol. The van der Waals surface area contributed by atoms with E-state index in [2.05, 4.69) is 10.6 Å². The molecule has 2 N–H and O–H groups in total. The molecule has 0 aliphatic carbocycles. The molecule has 154 valence electrons. The van der Waals surface area contributed by atoms with Crippen LogP contribution in [-0.4, -0.2) is 57.4 Å². The van der Waals surface area contributed by atoms with Gasteiger partial charge in [0.1, 0.15) is 0 Å². The average molecular weight is 438 g/mol. The minimum Gasteiger partial charge on any atom is -0.379 e. The molecule has 1 heterocycles. The first kappa shape index (κ1) is 21.3. The first-order chi connectivity index (χ1) is 13.9. The van der Waals surface area contributed by atoms with Gasteiger partial charge < -0.3 is 15.4 Å². The highest BCUT2D eigenvalue weighted by Gasteiger charge is 2.26. The number of hydrogen-bond donors (Lipinski definition) is 2. The second-order valence-corrected chi connectivity index (χ2v) is 8.66. The Morgan fingerprint density at radius 3 is 2.52 bits per heavy atom. The Hall–Kier alpha value is -2.46. The maximum atomic E-state index is 12.7. The van der Waals surface area contributed by atoms with E-state index in [1.54, 1.807) is 30.3 Å². The molecule has 0 spiro atoms. The van der Waals surface area contributed by atoms with Crippen molar-refractivity contribution < 1.29 is 22.7 Å². The highest BCUT2D eigenvalue weighted by molar-refractivity contribution is 7.89. The average Bonchev–Trinajstić information content (AvgIpc) is 2.73. The number of morpholine rings is 1. The number of hydrogen-bond acceptors (Lipinski definition) is 5. The van der Waals surface area contributed by atoms with Crippen LogP contribution in [0.5, 0.6) is 0 Å². The minimum atomic E-state index is -3.67. The molecule has 2 aromatic carbocycles. The van der Waals surface area contributed by atoms with Crippen molar-refractivity contribution in [1.29, 1.82) is 0 Å². The van der Waals surface area contributed by atoms with E-state index in [4.69, 9.17) is 16.3 Å². The molecule has 0 unspecified atom stereocenters. The first-order valence-electron chi connectivity index (χ1n) is 8.88. The van der Waals surface area contributed by atoms with Gasteiger partial charge in [0.15, 0.2) is 0 Å². The van der Waals surface area contributed by atoms with Gasteiger partial charge in [-0.25, -0.2) is 8.42 Å². The molecule has 29 heavy (non-hydrogen) atoms. The van der Waals surface area contributed by atoms with Gasteiger partial charge in [-0.05, 0) is 36.4 Å². The summed E-state index contributed by atoms with van der Waals surface area (Å²) < 4.78 is 32.0. The summed E-state index contributed by atoms with van der Waals surface area (Å²) in [7, 11) is -3.67. The van der Waals surface area contributed by atoms with E-state index in [0.717, 1.165) is 0 Å². The Balaban J connectivity index is 1.61. The highest BCUT2D eigenvalue weighted by atomic mass is 35.5. The lowest BCUT2D eigenvalue weighted by molar-refractivity contribution is -0.115. The number of rotatable bonds is 6. The topological polar surface area (TPSA) is 105 Å². The zero-order valence-electron chi connectivity index (χ0n) is 15.4. The Kier molecular flexibility index (Phi) is 6.86. The molecule has 0 radical (unpaired) electrons. The van der Waals surface area contributed by atoms with E-state index in [1.807, 2.05) is 0 Å². The molecule has 10 heteroatoms. The molecule has 0 atom stereocenters. The number of halogens is 1. The lowest BCUT2D eigenvalue weighted by Gasteiger charge is -2.26. The maximum Gasteiger partial charge on any atom is 0.251 e. The van der Waals surface area contributed by atoms with Gasteiger partial charge in [0.2, 0.25) is 15.9 Å². The molecule has 2 amide bonds. The Morgan fingerprint density at radius 2 is 1.79 bits per heavy atom. The number of benzene rings is 2. The van der Waals surface area contributed by atoms with Crippen molar-refractivity contribution in [2.45, 2.75) is 4.90 Å². The van der Waals surface area contributed by atoms with Gasteiger partial charge in [-0.1, -0.05) is 23.7 Å². The molecular formula is C19H20ClN3O5S. The Morgan fingerprint density at radius 1 is 1.07 bits per heavy atom. The predicted molar refractivity (Wildman–Crippen MR) is 108 cm³/mol. The van der Waals surface area contributed by atoms with E-state index in [9.17, 15) is 18.0 Å². The van der Waals surface area contributed by atoms with Gasteiger partial charge in [0.05, 0.1) is 24.7 Å². The molecule has 1 saturated heterocycles. The third kappa shape index (κ3) is 5.54. The summed E-state index contributed by atoms with van der Waals surface area (Å²) >= 11 is 5.85. The number of sulfonamides is 1. The van der Waals surface area contributed by atoms with Crippen LogP contribution in [0.3, 0.4) is 0 Å². The molecule has 2 aromatic rings. The van der Waals surface area contributed by atoms with Crippen LogP contribution in [0.4, 0.5) is 5.69 Å². The molecule has 0 saturated carbocycles. The summed E-state index contributed by atoms with van der Waals surface area (Å²) in [6.07, 6.45) is 0. The fourth-order valence-corrected chi connectivity index (χ4v) is 4.41. The van der Waals surface area contributed by atoms with Crippen molar-refractivity contribution in [3.05, 3.63) is 59.1 Å². The van der Waals surface area contributed by atoms with Gasteiger partial charge in [0, 0.05) is 29.4 Å². The van der Waals surface area contributed by atoms with Crippen LogP contribution in [-0.2, 0) is 19.6 Å². The summed E-state index contributed by atoms with van der Waals surface area (Å²) in [5.41, 5.74) is 0.658. The molecule has 1 aliphatic heterocycles. The van der Waals surface area contributed by atoms with Crippen molar-refractivity contribution in [2.24, 2.45) is 0 Å². The van der Waals surface area contributed by atoms with Crippen molar-refractivity contribution >= 4 is 39.1 Å². The van der Waals surface area contributed by atoms with Crippen LogP contribution in [0.2, 0.25) is 5.02 Å². The Bertz CT molecular complexity index is 1010. The Labute approximate surface area is 173 Å². The van der Waals surface area contributed by atoms with Gasteiger partial charge in [-0.3, -0.25) is 9.59 Å². The molecule has 1 fully saturated rings. The zero-order chi connectivity index (χ0) is 20.9. The van der Waals surface area contributed by atoms with Crippen LogP contribution in [0, 0.1) is 0 Å². The van der Waals surface area contributed by atoms with E-state index < -0.39 is 21.8 Å². The first-order valence-corrected chi connectivity index (χ1v) is 10.7. The number of carbonyl (C=O) groups excluding carboxylic acids is 2. The molecule has 8 nitrogen and oxygen atoms in total. The standard InChI is InChI=1S/C19H20ClN3O5S/c20-15-4-1-3-14(11-15)19(25)21-13-18(24)22-16-5-2-6-17(12-16)29(26,27)23-7-9-28-10-8-23/h1-6,11-12H,7-10,13H2,(H,21,25)(H,22,24). The number of nitrogens with one attached hydrogen (secondary N) is 2. The largest absolute Gasteiger partial charge is 0.379 e. The molecule has 1 aliphatic rings. The second-order valence-electron chi connectivity index (χ2n) is 6.29. The number of nitrogens with zero attached hydrogens (tertiary/aromatic N) is 1. The third-order valence-corrected chi connectivity index (χ3v) is 6.35. The zero-order valence-corrected chi connectivity index (χ0v) is 17.0. The van der Waals surface area contributed by atoms with Gasteiger partial charge in [0.25, 0.3) is 5.91 Å². The number of anilines is 1. The van der Waals surface area contributed by atoms with Crippen molar-refractivity contribution in [2.75, 3.05) is 38.2 Å². The number of ether oxygens (including phenoxy) is 1. The summed E-state index contributed by atoms with van der Waals surface area (Å²) in [6, 6.07) is 12.3. The predicted octanol–water partition coefficient (Wildman–Crippen LogP) is 1.73. The lowest BCUT2D eigenvalue weighted by Crippen LogP contribution is -2.40. The molecule has 0 aromatic heterocycles. The molecule has 0 bridgehead atoms. The molecular weight excluding hydrogens is 418 g/mol. The fourth-order valence-electron chi connectivity index (χ4n) is 2.77. The van der Waals surface area contributed by atoms with Gasteiger partial charge >= 0.3 is 0 Å². The van der Waals surface area contributed by atoms with E-state index in [-0.39, 0.29) is 24.5 Å². The summed E-state index contributed by atoms with van der Waals surface area (Å²) in [5.74, 6) is -0.924. The highest BCUT2D eigenvalue weighted by Crippen LogP contribution is 2.20. The summed E-state index contributed by atoms with van der Waals surface area (Å²) in [5, 5.41) is 5.50. The second kappa shape index (κ2) is 9.36. The van der Waals surface area contributed by atoms with Gasteiger partial charge in [-0.2, -0.15) is 4.31 Å². The van der Waals surface area contributed by atoms with Crippen molar-refractivity contribution in [3.63, 3.8) is 0 Å². The third-order valence-electron chi connectivity index (χ3n) is 4.22. The normalized spacial score (nSPS) is 14.9. The van der Waals surface area contributed by atoms with E-state index >= 15 is 0 Å². The van der Waals surface area contributed by atoms with E-state index in [1.165, 1.54) is 22.5 Å². The van der Waals surface area contributed by atoms with Crippen LogP contribution in [0.1, 0.15) is 10.4 Å². The smallest absolute Gasteiger partial charge is 0.251 e. The van der Waals surface area contributed by atoms with Crippen LogP contribution in [0.25, 0.3) is 0 Å². The maximum absolute atomic E-state index is 12.7. The van der Waals surface area contributed by atoms with Crippen molar-refractivity contribution in [1.82, 2.24) is 9.62 Å². The van der Waals surface area contributed by atoms with Crippen LogP contribution in [0.15, 0.2) is 53.4 Å². The minimum absolute atomic E-state index is 0.0835. The van der Waals surface area contributed by atoms with Crippen LogP contribution >= 0.6 is 11.6 Å². The van der Waals surface area contributed by atoms with Gasteiger partial charge in [-0.15, -0.1) is 0 Å². The van der Waals surface area contributed by atoms with Crippen molar-refractivity contribution in [3.8, 4) is 0 Å². The number of amides is 2. The fraction of sp³-hybridized carbons (Fsp3) is 0.263. The summed E-state index contributed by atoms with van der Waals surface area (Å²) in [6.45, 7) is 0.999. The molecule has 3 rings (SSSR count). The quantitative estimate of drug-likeness (QED) is 0.716. The number of carbonyl (C=O) groups is 2. The lowest BCUT2D eigenvalue weighted by atomic mass is 10.2. The van der Waals surface area contributed by atoms with E-state index in [0.29, 0.717) is 29.5 Å². The SMILES string of the molecule is O=C(CNC(=O)c1cccc(Cl)c1)Nc1cccc(S(=O)(=O)N2CCOCC2)c1. The summed E-state index contributed by atoms with van der Waals surface area (Å²) in [4.78, 5) is 24.3.